The summed E-state index contributed by atoms with van der Waals surface area (Å²) in [7, 11) is 0. The number of alkyl halides is 2. The summed E-state index contributed by atoms with van der Waals surface area (Å²) >= 11 is 0. The average molecular weight is 424 g/mol. The Morgan fingerprint density at radius 3 is 1.76 bits per heavy atom. The standard InChI is InChI=1S/C17H8F8N2O2/c18-7-1-5(2-8(19)12(7)22)15(28)11-14(16(24)25)26-27(17(11)29)6-3-9(20)13(23)10(21)4-6/h1-4,11,15-16,28H. The van der Waals surface area contributed by atoms with E-state index in [4.69, 9.17) is 0 Å². The van der Waals surface area contributed by atoms with Crippen LogP contribution in [0.2, 0.25) is 0 Å². The monoisotopic (exact) mass is 424 g/mol. The molecule has 1 N–H and O–H groups in total. The Balaban J connectivity index is 2.04. The second-order valence-electron chi connectivity index (χ2n) is 5.92. The summed E-state index contributed by atoms with van der Waals surface area (Å²) < 4.78 is 106. The lowest BCUT2D eigenvalue weighted by Crippen LogP contribution is -2.34. The van der Waals surface area contributed by atoms with Crippen molar-refractivity contribution >= 4 is 17.3 Å². The zero-order valence-corrected chi connectivity index (χ0v) is 13.8. The molecule has 0 saturated carbocycles. The lowest BCUT2D eigenvalue weighted by Gasteiger charge is -2.20. The first-order valence-corrected chi connectivity index (χ1v) is 7.70. The quantitative estimate of drug-likeness (QED) is 0.599. The predicted molar refractivity (Wildman–Crippen MR) is 82.0 cm³/mol. The number of nitrogens with zero attached hydrogens (tertiary/aromatic N) is 2. The van der Waals surface area contributed by atoms with Gasteiger partial charge in [-0.15, -0.1) is 0 Å². The maximum Gasteiger partial charge on any atom is 0.279 e. The highest BCUT2D eigenvalue weighted by atomic mass is 19.3. The van der Waals surface area contributed by atoms with Crippen LogP contribution in [0.1, 0.15) is 11.7 Å². The smallest absolute Gasteiger partial charge is 0.279 e. The Hall–Kier alpha value is -3.02. The van der Waals surface area contributed by atoms with Gasteiger partial charge in [-0.25, -0.2) is 35.1 Å². The van der Waals surface area contributed by atoms with Crippen molar-refractivity contribution in [1.29, 1.82) is 0 Å². The number of carbonyl (C=O) groups is 1. The van der Waals surface area contributed by atoms with E-state index < -0.39 is 76.2 Å². The van der Waals surface area contributed by atoms with E-state index in [1.807, 2.05) is 0 Å². The van der Waals surface area contributed by atoms with Gasteiger partial charge in [0.1, 0.15) is 11.6 Å². The number of halogens is 8. The highest BCUT2D eigenvalue weighted by molar-refractivity contribution is 6.17. The molecule has 1 amide bonds. The van der Waals surface area contributed by atoms with Gasteiger partial charge in [0.15, 0.2) is 34.9 Å². The van der Waals surface area contributed by atoms with Crippen LogP contribution < -0.4 is 5.01 Å². The van der Waals surface area contributed by atoms with Crippen LogP contribution in [0.5, 0.6) is 0 Å². The normalized spacial score (nSPS) is 17.9. The van der Waals surface area contributed by atoms with Crippen LogP contribution in [0.3, 0.4) is 0 Å². The first-order valence-electron chi connectivity index (χ1n) is 7.70. The Morgan fingerprint density at radius 2 is 1.31 bits per heavy atom. The van der Waals surface area contributed by atoms with Crippen LogP contribution in [-0.4, -0.2) is 23.2 Å². The molecule has 3 rings (SSSR count). The Morgan fingerprint density at radius 1 is 0.862 bits per heavy atom. The van der Waals surface area contributed by atoms with Crippen molar-refractivity contribution < 1.29 is 45.0 Å². The number of anilines is 1. The van der Waals surface area contributed by atoms with Gasteiger partial charge in [-0.3, -0.25) is 4.79 Å². The van der Waals surface area contributed by atoms with E-state index >= 15 is 0 Å². The third-order valence-corrected chi connectivity index (χ3v) is 4.11. The number of amides is 1. The number of hydrogen-bond donors (Lipinski definition) is 1. The Bertz CT molecular complexity index is 980. The Kier molecular flexibility index (Phi) is 5.30. The molecule has 2 aromatic carbocycles. The number of aliphatic hydroxyl groups excluding tert-OH is 1. The lowest BCUT2D eigenvalue weighted by molar-refractivity contribution is -0.122. The largest absolute Gasteiger partial charge is 0.387 e. The minimum atomic E-state index is -3.46. The second-order valence-corrected chi connectivity index (χ2v) is 5.92. The predicted octanol–water partition coefficient (Wildman–Crippen LogP) is 3.84. The molecule has 4 nitrogen and oxygen atoms in total. The van der Waals surface area contributed by atoms with Gasteiger partial charge >= 0.3 is 0 Å². The van der Waals surface area contributed by atoms with Crippen LogP contribution in [0.15, 0.2) is 29.4 Å². The molecule has 29 heavy (non-hydrogen) atoms. The summed E-state index contributed by atoms with van der Waals surface area (Å²) in [6.45, 7) is 0. The minimum absolute atomic E-state index is 0.0945. The molecule has 2 aromatic rings. The molecular formula is C17H8F8N2O2. The lowest BCUT2D eigenvalue weighted by atomic mass is 9.91. The molecule has 1 aliphatic rings. The molecule has 0 fully saturated rings. The van der Waals surface area contributed by atoms with Crippen LogP contribution in [0.25, 0.3) is 0 Å². The first kappa shape index (κ1) is 20.7. The minimum Gasteiger partial charge on any atom is -0.387 e. The van der Waals surface area contributed by atoms with Crippen LogP contribution in [0.4, 0.5) is 40.8 Å². The second kappa shape index (κ2) is 7.43. The number of carbonyl (C=O) groups excluding carboxylic acids is 1. The third kappa shape index (κ3) is 3.55. The van der Waals surface area contributed by atoms with E-state index in [0.717, 1.165) is 0 Å². The van der Waals surface area contributed by atoms with Crippen LogP contribution >= 0.6 is 0 Å². The van der Waals surface area contributed by atoms with Gasteiger partial charge in [0.2, 0.25) is 0 Å². The van der Waals surface area contributed by atoms with E-state index in [2.05, 4.69) is 5.10 Å². The highest BCUT2D eigenvalue weighted by Crippen LogP contribution is 2.35. The van der Waals surface area contributed by atoms with E-state index in [9.17, 15) is 45.0 Å². The molecule has 1 heterocycles. The van der Waals surface area contributed by atoms with Crippen LogP contribution in [-0.2, 0) is 4.79 Å². The van der Waals surface area contributed by atoms with E-state index in [1.54, 1.807) is 0 Å². The van der Waals surface area contributed by atoms with Gasteiger partial charge in [0.25, 0.3) is 12.3 Å². The molecule has 2 atom stereocenters. The fourth-order valence-corrected chi connectivity index (χ4v) is 2.75. The summed E-state index contributed by atoms with van der Waals surface area (Å²) in [5, 5.41) is 13.6. The average Bonchev–Trinajstić information content (AvgIpc) is 3.00. The fourth-order valence-electron chi connectivity index (χ4n) is 2.75. The van der Waals surface area contributed by atoms with Gasteiger partial charge in [-0.1, -0.05) is 0 Å². The fraction of sp³-hybridized carbons (Fsp3) is 0.176. The molecule has 2 unspecified atom stereocenters. The van der Waals surface area contributed by atoms with Crippen molar-refractivity contribution in [2.24, 2.45) is 11.0 Å². The maximum atomic E-state index is 13.4. The number of hydrazone groups is 1. The van der Waals surface area contributed by atoms with Gasteiger partial charge in [0, 0.05) is 12.1 Å². The maximum absolute atomic E-state index is 13.4. The first-order chi connectivity index (χ1) is 13.5. The number of rotatable bonds is 4. The van der Waals surface area contributed by atoms with Gasteiger partial charge in [-0.2, -0.15) is 10.1 Å². The summed E-state index contributed by atoms with van der Waals surface area (Å²) in [6.07, 6.45) is -5.77. The van der Waals surface area contributed by atoms with Crippen molar-refractivity contribution in [2.75, 3.05) is 5.01 Å². The zero-order valence-electron chi connectivity index (χ0n) is 13.8. The summed E-state index contributed by atoms with van der Waals surface area (Å²) in [6, 6.07) is 1.18. The van der Waals surface area contributed by atoms with Crippen molar-refractivity contribution in [1.82, 2.24) is 0 Å². The summed E-state index contributed by atoms with van der Waals surface area (Å²) in [4.78, 5) is 12.5. The summed E-state index contributed by atoms with van der Waals surface area (Å²) in [5.74, 6) is -14.4. The molecule has 0 saturated heterocycles. The SMILES string of the molecule is O=C1C(C(O)c2cc(F)c(F)c(F)c2)C(C(F)F)=NN1c1cc(F)c(F)c(F)c1. The van der Waals surface area contributed by atoms with Crippen molar-refractivity contribution in [3.63, 3.8) is 0 Å². The molecule has 0 bridgehead atoms. The molecule has 0 aliphatic carbocycles. The highest BCUT2D eigenvalue weighted by Gasteiger charge is 2.46. The molecular weight excluding hydrogens is 416 g/mol. The van der Waals surface area contributed by atoms with Gasteiger partial charge in [0.05, 0.1) is 11.8 Å². The van der Waals surface area contributed by atoms with Crippen LogP contribution in [0, 0.1) is 40.8 Å². The number of hydrogen-bond acceptors (Lipinski definition) is 3. The zero-order chi connectivity index (χ0) is 21.6. The third-order valence-electron chi connectivity index (χ3n) is 4.11. The van der Waals surface area contributed by atoms with Crippen molar-refractivity contribution in [3.05, 3.63) is 64.7 Å². The molecule has 0 spiro atoms. The molecule has 12 heteroatoms. The topological polar surface area (TPSA) is 52.9 Å². The van der Waals surface area contributed by atoms with Crippen molar-refractivity contribution in [2.45, 2.75) is 12.5 Å². The molecule has 0 aromatic heterocycles. The molecule has 1 aliphatic heterocycles. The van der Waals surface area contributed by atoms with E-state index in [0.29, 0.717) is 24.3 Å². The van der Waals surface area contributed by atoms with E-state index in [1.165, 1.54) is 0 Å². The number of benzene rings is 2. The summed E-state index contributed by atoms with van der Waals surface area (Å²) in [5.41, 5.74) is -2.81. The Labute approximate surface area is 156 Å². The number of aliphatic hydroxyl groups is 1. The molecule has 0 radical (unpaired) electrons. The molecule has 154 valence electrons. The van der Waals surface area contributed by atoms with E-state index in [-0.39, 0.29) is 5.01 Å². The van der Waals surface area contributed by atoms with Crippen molar-refractivity contribution in [3.8, 4) is 0 Å². The van der Waals surface area contributed by atoms with Gasteiger partial charge < -0.3 is 5.11 Å². The van der Waals surface area contributed by atoms with Gasteiger partial charge in [-0.05, 0) is 17.7 Å².